The van der Waals surface area contributed by atoms with E-state index in [-0.39, 0.29) is 11.6 Å². The molecule has 2 atom stereocenters. The lowest BCUT2D eigenvalue weighted by Gasteiger charge is -2.46. The molecule has 100 valence electrons. The monoisotopic (exact) mass is 275 g/mol. The third-order valence-electron chi connectivity index (χ3n) is 4.04. The van der Waals surface area contributed by atoms with E-state index >= 15 is 0 Å². The fourth-order valence-electron chi connectivity index (χ4n) is 3.04. The van der Waals surface area contributed by atoms with Crippen molar-refractivity contribution in [3.8, 4) is 0 Å². The van der Waals surface area contributed by atoms with E-state index in [4.69, 9.17) is 4.74 Å². The summed E-state index contributed by atoms with van der Waals surface area (Å²) in [5.41, 5.74) is 0.926. The van der Waals surface area contributed by atoms with Crippen LogP contribution in [0, 0.1) is 5.92 Å². The highest BCUT2D eigenvalue weighted by Crippen LogP contribution is 2.48. The molecule has 1 N–H and O–H groups in total. The van der Waals surface area contributed by atoms with E-state index in [1.807, 2.05) is 17.8 Å². The van der Waals surface area contributed by atoms with Crippen LogP contribution in [0.2, 0.25) is 0 Å². The highest BCUT2D eigenvalue weighted by molar-refractivity contribution is 7.99. The number of amides is 1. The Morgan fingerprint density at radius 2 is 2.26 bits per heavy atom. The summed E-state index contributed by atoms with van der Waals surface area (Å²) in [6, 6.07) is 8.36. The molecule has 0 bridgehead atoms. The molecule has 1 aromatic rings. The minimum absolute atomic E-state index is 0.302. The van der Waals surface area contributed by atoms with E-state index in [1.165, 1.54) is 17.6 Å². The second kappa shape index (κ2) is 4.93. The van der Waals surface area contributed by atoms with E-state index in [2.05, 4.69) is 35.7 Å². The molecule has 0 fully saturated rings. The molecular weight excluding hydrogens is 258 g/mol. The molecule has 0 radical (unpaired) electrons. The topological polar surface area (TPSA) is 38.3 Å². The second-order valence-electron chi connectivity index (χ2n) is 5.00. The number of ether oxygens (including phenoxy) is 1. The average molecular weight is 275 g/mol. The Hall–Kier alpha value is -1.42. The largest absolute Gasteiger partial charge is 0.453 e. The van der Waals surface area contributed by atoms with Crippen LogP contribution in [0.5, 0.6) is 0 Å². The van der Waals surface area contributed by atoms with Crippen LogP contribution in [0.3, 0.4) is 0 Å². The maximum absolute atomic E-state index is 11.8. The SMILES string of the molecule is COC(=O)NC12CC=CCC1CSc1ccccc12. The number of nitrogens with one attached hydrogen (secondary N) is 1. The molecule has 1 amide bonds. The molecular formula is C15H17NO2S. The average Bonchev–Trinajstić information content (AvgIpc) is 2.47. The van der Waals surface area contributed by atoms with Crippen LogP contribution < -0.4 is 5.32 Å². The number of carbonyl (C=O) groups excluding carboxylic acids is 1. The highest BCUT2D eigenvalue weighted by Gasteiger charge is 2.46. The summed E-state index contributed by atoms with van der Waals surface area (Å²) >= 11 is 1.88. The third kappa shape index (κ3) is 2.04. The van der Waals surface area contributed by atoms with Gasteiger partial charge in [-0.05, 0) is 30.4 Å². The van der Waals surface area contributed by atoms with Gasteiger partial charge in [-0.2, -0.15) is 0 Å². The summed E-state index contributed by atoms with van der Waals surface area (Å²) in [5, 5.41) is 3.11. The predicted molar refractivity (Wildman–Crippen MR) is 76.2 cm³/mol. The normalized spacial score (nSPS) is 28.2. The molecule has 2 aliphatic rings. The van der Waals surface area contributed by atoms with Gasteiger partial charge in [0.2, 0.25) is 0 Å². The van der Waals surface area contributed by atoms with E-state index in [0.717, 1.165) is 18.6 Å². The van der Waals surface area contributed by atoms with Crippen molar-refractivity contribution in [3.05, 3.63) is 42.0 Å². The predicted octanol–water partition coefficient (Wildman–Crippen LogP) is 3.31. The van der Waals surface area contributed by atoms with Crippen LogP contribution in [0.15, 0.2) is 41.3 Å². The number of rotatable bonds is 1. The molecule has 19 heavy (non-hydrogen) atoms. The number of hydrogen-bond acceptors (Lipinski definition) is 3. The number of benzene rings is 1. The van der Waals surface area contributed by atoms with Crippen molar-refractivity contribution < 1.29 is 9.53 Å². The number of hydrogen-bond donors (Lipinski definition) is 1. The zero-order valence-electron chi connectivity index (χ0n) is 10.9. The summed E-state index contributed by atoms with van der Waals surface area (Å²) in [6.07, 6.45) is 5.88. The highest BCUT2D eigenvalue weighted by atomic mass is 32.2. The quantitative estimate of drug-likeness (QED) is 0.799. The fraction of sp³-hybridized carbons (Fsp3) is 0.400. The minimum atomic E-state index is -0.345. The van der Waals surface area contributed by atoms with Crippen molar-refractivity contribution in [2.24, 2.45) is 5.92 Å². The molecule has 0 saturated carbocycles. The zero-order chi connectivity index (χ0) is 13.3. The Bertz CT molecular complexity index is 529. The standard InChI is InChI=1S/C15H17NO2S/c1-18-14(17)16-15-9-5-4-6-11(15)10-19-13-8-3-2-7-12(13)15/h2-5,7-8,11H,6,9-10H2,1H3,(H,16,17). The number of methoxy groups -OCH3 is 1. The first-order valence-electron chi connectivity index (χ1n) is 6.50. The zero-order valence-corrected chi connectivity index (χ0v) is 11.7. The van der Waals surface area contributed by atoms with Gasteiger partial charge in [0.05, 0.1) is 12.6 Å². The molecule has 0 spiro atoms. The molecule has 0 aromatic heterocycles. The minimum Gasteiger partial charge on any atom is -0.453 e. The van der Waals surface area contributed by atoms with Crippen molar-refractivity contribution >= 4 is 17.9 Å². The number of allylic oxidation sites excluding steroid dienone is 1. The van der Waals surface area contributed by atoms with Crippen LogP contribution in [-0.4, -0.2) is 19.0 Å². The van der Waals surface area contributed by atoms with Crippen molar-refractivity contribution in [2.75, 3.05) is 12.9 Å². The Morgan fingerprint density at radius 1 is 1.42 bits per heavy atom. The Kier molecular flexibility index (Phi) is 3.27. The second-order valence-corrected chi connectivity index (χ2v) is 6.07. The van der Waals surface area contributed by atoms with Gasteiger partial charge >= 0.3 is 6.09 Å². The van der Waals surface area contributed by atoms with Crippen LogP contribution in [0.25, 0.3) is 0 Å². The first kappa shape index (κ1) is 12.6. The summed E-state index contributed by atoms with van der Waals surface area (Å²) in [5.74, 6) is 1.46. The van der Waals surface area contributed by atoms with Gasteiger partial charge in [0.25, 0.3) is 0 Å². The maximum atomic E-state index is 11.8. The maximum Gasteiger partial charge on any atom is 0.407 e. The van der Waals surface area contributed by atoms with Gasteiger partial charge in [-0.25, -0.2) is 4.79 Å². The van der Waals surface area contributed by atoms with Gasteiger partial charge in [0.15, 0.2) is 0 Å². The van der Waals surface area contributed by atoms with Crippen molar-refractivity contribution in [2.45, 2.75) is 23.3 Å². The van der Waals surface area contributed by atoms with Crippen LogP contribution >= 0.6 is 11.8 Å². The summed E-state index contributed by atoms with van der Waals surface area (Å²) in [4.78, 5) is 13.0. The molecule has 1 aromatic carbocycles. The van der Waals surface area contributed by atoms with E-state index in [9.17, 15) is 4.79 Å². The Morgan fingerprint density at radius 3 is 3.11 bits per heavy atom. The lowest BCUT2D eigenvalue weighted by molar-refractivity contribution is 0.136. The molecule has 3 rings (SSSR count). The molecule has 4 heteroatoms. The molecule has 1 aliphatic heterocycles. The molecule has 2 unspecified atom stereocenters. The van der Waals surface area contributed by atoms with Crippen molar-refractivity contribution in [1.82, 2.24) is 5.32 Å². The summed E-state index contributed by atoms with van der Waals surface area (Å²) in [6.45, 7) is 0. The Balaban J connectivity index is 2.08. The van der Waals surface area contributed by atoms with Gasteiger partial charge < -0.3 is 10.1 Å². The number of fused-ring (bicyclic) bond motifs is 3. The van der Waals surface area contributed by atoms with Crippen molar-refractivity contribution in [3.63, 3.8) is 0 Å². The molecule has 1 aliphatic carbocycles. The third-order valence-corrected chi connectivity index (χ3v) is 5.28. The van der Waals surface area contributed by atoms with Crippen molar-refractivity contribution in [1.29, 1.82) is 0 Å². The lowest BCUT2D eigenvalue weighted by Crippen LogP contribution is -2.54. The number of carbonyl (C=O) groups is 1. The van der Waals surface area contributed by atoms with Gasteiger partial charge in [0, 0.05) is 10.6 Å². The molecule has 1 heterocycles. The van der Waals surface area contributed by atoms with Gasteiger partial charge in [-0.15, -0.1) is 11.8 Å². The van der Waals surface area contributed by atoms with Gasteiger partial charge in [0.1, 0.15) is 0 Å². The molecule has 0 saturated heterocycles. The lowest BCUT2D eigenvalue weighted by atomic mass is 9.72. The summed E-state index contributed by atoms with van der Waals surface area (Å²) < 4.78 is 4.83. The van der Waals surface area contributed by atoms with Crippen LogP contribution in [0.1, 0.15) is 18.4 Å². The fourth-order valence-corrected chi connectivity index (χ4v) is 4.42. The van der Waals surface area contributed by atoms with Gasteiger partial charge in [-0.1, -0.05) is 30.4 Å². The summed E-state index contributed by atoms with van der Waals surface area (Å²) in [7, 11) is 1.42. The van der Waals surface area contributed by atoms with E-state index in [1.54, 1.807) is 0 Å². The van der Waals surface area contributed by atoms with Crippen LogP contribution in [-0.2, 0) is 10.3 Å². The number of thioether (sulfide) groups is 1. The van der Waals surface area contributed by atoms with Gasteiger partial charge in [-0.3, -0.25) is 0 Å². The molecule has 3 nitrogen and oxygen atoms in total. The first-order valence-corrected chi connectivity index (χ1v) is 7.48. The smallest absolute Gasteiger partial charge is 0.407 e. The van der Waals surface area contributed by atoms with E-state index < -0.39 is 0 Å². The number of alkyl carbamates (subject to hydrolysis) is 1. The van der Waals surface area contributed by atoms with E-state index in [0.29, 0.717) is 5.92 Å². The Labute approximate surface area is 117 Å². The first-order chi connectivity index (χ1) is 9.26. The van der Waals surface area contributed by atoms with Crippen LogP contribution in [0.4, 0.5) is 4.79 Å².